The number of fused-ring (bicyclic) bond motifs is 1. The van der Waals surface area contributed by atoms with Gasteiger partial charge in [0.25, 0.3) is 5.71 Å². The second kappa shape index (κ2) is 10.6. The zero-order valence-electron chi connectivity index (χ0n) is 20.1. The van der Waals surface area contributed by atoms with E-state index in [0.29, 0.717) is 56.0 Å². The molecule has 4 rings (SSSR count). The number of halogens is 3. The number of aryl methyl sites for hydroxylation is 1. The molecule has 1 fully saturated rings. The number of hydrogen-bond acceptors (Lipinski definition) is 6. The van der Waals surface area contributed by atoms with Gasteiger partial charge in [-0.2, -0.15) is 18.2 Å². The van der Waals surface area contributed by atoms with Gasteiger partial charge in [0.1, 0.15) is 22.7 Å². The molecule has 35 heavy (non-hydrogen) atoms. The molecule has 0 unspecified atom stereocenters. The first kappa shape index (κ1) is 24.9. The lowest BCUT2D eigenvalue weighted by Crippen LogP contribution is -2.35. The van der Waals surface area contributed by atoms with E-state index in [4.69, 9.17) is 9.51 Å². The van der Waals surface area contributed by atoms with Crippen LogP contribution in [-0.4, -0.2) is 52.1 Å². The number of nitrogens with zero attached hydrogens (tertiary/aromatic N) is 5. The van der Waals surface area contributed by atoms with Crippen LogP contribution < -0.4 is 4.90 Å². The van der Waals surface area contributed by atoms with Crippen molar-refractivity contribution in [3.63, 3.8) is 0 Å². The molecule has 0 spiro atoms. The number of anilines is 1. The average Bonchev–Trinajstić information content (AvgIpc) is 3.10. The molecule has 10 heteroatoms. The third kappa shape index (κ3) is 5.57. The van der Waals surface area contributed by atoms with E-state index >= 15 is 0 Å². The maximum absolute atomic E-state index is 13.3. The first-order valence-corrected chi connectivity index (χ1v) is 12.2. The summed E-state index contributed by atoms with van der Waals surface area (Å²) in [5.41, 5.74) is 0.0698. The Morgan fingerprint density at radius 2 is 1.91 bits per heavy atom. The second-order valence-electron chi connectivity index (χ2n) is 8.83. The molecule has 0 radical (unpaired) electrons. The first-order chi connectivity index (χ1) is 16.8. The molecule has 3 heterocycles. The monoisotopic (exact) mass is 489 g/mol. The van der Waals surface area contributed by atoms with E-state index in [1.165, 1.54) is 6.07 Å². The van der Waals surface area contributed by atoms with Crippen LogP contribution >= 0.6 is 0 Å². The van der Waals surface area contributed by atoms with E-state index in [1.807, 2.05) is 11.8 Å². The second-order valence-corrected chi connectivity index (χ2v) is 8.83. The fourth-order valence-corrected chi connectivity index (χ4v) is 4.35. The fourth-order valence-electron chi connectivity index (χ4n) is 4.35. The molecule has 0 aliphatic carbocycles. The smallest absolute Gasteiger partial charge is 0.354 e. The number of unbranched alkanes of at least 4 members (excludes halogenated alkanes) is 1. The Balaban J connectivity index is 1.73. The highest BCUT2D eigenvalue weighted by molar-refractivity contribution is 5.98. The zero-order valence-corrected chi connectivity index (χ0v) is 20.1. The van der Waals surface area contributed by atoms with Crippen molar-refractivity contribution in [3.8, 4) is 11.3 Å². The fraction of sp³-hybridized carbons (Fsp3) is 0.520. The molecule has 1 aromatic carbocycles. The quantitative estimate of drug-likeness (QED) is 0.437. The molecule has 1 aliphatic heterocycles. The van der Waals surface area contributed by atoms with Crippen LogP contribution in [0.15, 0.2) is 28.8 Å². The van der Waals surface area contributed by atoms with Gasteiger partial charge in [0.15, 0.2) is 0 Å². The third-order valence-electron chi connectivity index (χ3n) is 6.19. The highest BCUT2D eigenvalue weighted by Gasteiger charge is 2.31. The van der Waals surface area contributed by atoms with Crippen molar-refractivity contribution in [2.24, 2.45) is 0 Å². The van der Waals surface area contributed by atoms with Crippen molar-refractivity contribution in [2.45, 2.75) is 58.5 Å². The molecule has 2 aromatic heterocycles. The van der Waals surface area contributed by atoms with Gasteiger partial charge in [-0.15, -0.1) is 0 Å². The minimum atomic E-state index is -4.47. The third-order valence-corrected chi connectivity index (χ3v) is 6.19. The van der Waals surface area contributed by atoms with Gasteiger partial charge in [0.2, 0.25) is 5.91 Å². The molecule has 1 saturated heterocycles. The van der Waals surface area contributed by atoms with Gasteiger partial charge in [0, 0.05) is 44.6 Å². The number of benzene rings is 1. The van der Waals surface area contributed by atoms with Crippen LogP contribution in [-0.2, 0) is 17.4 Å². The summed E-state index contributed by atoms with van der Waals surface area (Å²) >= 11 is 0. The molecular weight excluding hydrogens is 459 g/mol. The van der Waals surface area contributed by atoms with E-state index < -0.39 is 11.7 Å². The topological polar surface area (TPSA) is 75.4 Å². The largest absolute Gasteiger partial charge is 0.416 e. The lowest BCUT2D eigenvalue weighted by molar-refractivity contribution is -0.137. The number of rotatable bonds is 7. The summed E-state index contributed by atoms with van der Waals surface area (Å²) in [7, 11) is 0. The minimum absolute atomic E-state index is 0.155. The molecular formula is C25H30F3N5O2. The van der Waals surface area contributed by atoms with Crippen LogP contribution in [0.3, 0.4) is 0 Å². The highest BCUT2D eigenvalue weighted by atomic mass is 19.4. The van der Waals surface area contributed by atoms with Gasteiger partial charge in [-0.3, -0.25) is 4.79 Å². The van der Waals surface area contributed by atoms with Crippen molar-refractivity contribution in [2.75, 3.05) is 31.1 Å². The van der Waals surface area contributed by atoms with E-state index in [2.05, 4.69) is 22.0 Å². The Morgan fingerprint density at radius 3 is 2.66 bits per heavy atom. The van der Waals surface area contributed by atoms with Crippen LogP contribution in [0.25, 0.3) is 22.4 Å². The van der Waals surface area contributed by atoms with E-state index in [0.717, 1.165) is 37.8 Å². The van der Waals surface area contributed by atoms with Gasteiger partial charge >= 0.3 is 6.18 Å². The summed E-state index contributed by atoms with van der Waals surface area (Å²) in [6.45, 7) is 6.52. The number of amides is 1. The Morgan fingerprint density at radius 1 is 1.09 bits per heavy atom. The molecule has 0 atom stereocenters. The predicted molar refractivity (Wildman–Crippen MR) is 127 cm³/mol. The van der Waals surface area contributed by atoms with Gasteiger partial charge < -0.3 is 14.3 Å². The lowest BCUT2D eigenvalue weighted by Gasteiger charge is -2.24. The average molecular weight is 490 g/mol. The predicted octanol–water partition coefficient (Wildman–Crippen LogP) is 5.49. The molecule has 0 bridgehead atoms. The first-order valence-electron chi connectivity index (χ1n) is 12.2. The van der Waals surface area contributed by atoms with Crippen molar-refractivity contribution in [3.05, 3.63) is 35.7 Å². The maximum Gasteiger partial charge on any atom is 0.416 e. The van der Waals surface area contributed by atoms with Crippen LogP contribution in [0.5, 0.6) is 0 Å². The SMILES string of the molecule is CCCCC(=O)N1CCCN(c2nc(CCC)nc3onc(-c4cccc(C(F)(F)F)c4)c23)CC1. The summed E-state index contributed by atoms with van der Waals surface area (Å²) in [6.07, 6.45) is 0.138. The van der Waals surface area contributed by atoms with Crippen molar-refractivity contribution >= 4 is 22.8 Å². The summed E-state index contributed by atoms with van der Waals surface area (Å²) in [5.74, 6) is 1.35. The van der Waals surface area contributed by atoms with Crippen molar-refractivity contribution in [1.29, 1.82) is 0 Å². The molecule has 1 amide bonds. The minimum Gasteiger partial charge on any atom is -0.354 e. The number of alkyl halides is 3. The summed E-state index contributed by atoms with van der Waals surface area (Å²) < 4.78 is 45.5. The molecule has 7 nitrogen and oxygen atoms in total. The normalized spacial score (nSPS) is 15.0. The van der Waals surface area contributed by atoms with E-state index in [9.17, 15) is 18.0 Å². The van der Waals surface area contributed by atoms with Gasteiger partial charge in [-0.1, -0.05) is 37.6 Å². The lowest BCUT2D eigenvalue weighted by atomic mass is 10.1. The van der Waals surface area contributed by atoms with Crippen LogP contribution in [0.2, 0.25) is 0 Å². The van der Waals surface area contributed by atoms with Gasteiger partial charge in [-0.05, 0) is 31.4 Å². The molecule has 0 saturated carbocycles. The number of carbonyl (C=O) groups excluding carboxylic acids is 1. The molecule has 0 N–H and O–H groups in total. The van der Waals surface area contributed by atoms with Gasteiger partial charge in [0.05, 0.1) is 5.56 Å². The highest BCUT2D eigenvalue weighted by Crippen LogP contribution is 2.37. The standard InChI is InChI=1S/C25H30F3N5O2/c1-3-5-11-20(34)32-12-7-13-33(15-14-32)23-21-22(17-9-6-10-18(16-17)25(26,27)28)31-35-24(21)30-19(29-23)8-4-2/h6,9-10,16H,3-5,7-8,11-15H2,1-2H3. The Labute approximate surface area is 202 Å². The van der Waals surface area contributed by atoms with Crippen LogP contribution in [0.1, 0.15) is 57.3 Å². The number of carbonyl (C=O) groups is 1. The Bertz CT molecular complexity index is 1180. The Kier molecular flexibility index (Phi) is 7.57. The number of hydrogen-bond donors (Lipinski definition) is 0. The Hall–Kier alpha value is -3.17. The summed E-state index contributed by atoms with van der Waals surface area (Å²) in [6, 6.07) is 5.03. The van der Waals surface area contributed by atoms with Crippen molar-refractivity contribution < 1.29 is 22.5 Å². The van der Waals surface area contributed by atoms with Gasteiger partial charge in [-0.25, -0.2) is 4.98 Å². The van der Waals surface area contributed by atoms with Crippen LogP contribution in [0, 0.1) is 0 Å². The zero-order chi connectivity index (χ0) is 25.0. The summed E-state index contributed by atoms with van der Waals surface area (Å²) in [4.78, 5) is 25.8. The summed E-state index contributed by atoms with van der Waals surface area (Å²) in [5, 5.41) is 4.61. The molecule has 188 valence electrons. The van der Waals surface area contributed by atoms with Crippen LogP contribution in [0.4, 0.5) is 19.0 Å². The number of aromatic nitrogens is 3. The molecule has 1 aliphatic rings. The van der Waals surface area contributed by atoms with E-state index in [-0.39, 0.29) is 22.9 Å². The maximum atomic E-state index is 13.3. The van der Waals surface area contributed by atoms with Crippen molar-refractivity contribution in [1.82, 2.24) is 20.0 Å². The van der Waals surface area contributed by atoms with E-state index in [1.54, 1.807) is 6.07 Å². The molecule has 3 aromatic rings.